The number of likely N-dealkylation sites (N-methyl/N-ethyl adjacent to an activating group) is 1. The second-order valence-corrected chi connectivity index (χ2v) is 5.84. The van der Waals surface area contributed by atoms with Gasteiger partial charge in [-0.15, -0.1) is 0 Å². The molecule has 1 rings (SSSR count). The molecular formula is C17H30N2. The number of benzene rings is 1. The summed E-state index contributed by atoms with van der Waals surface area (Å²) in [4.78, 5) is 2.48. The van der Waals surface area contributed by atoms with Crippen molar-refractivity contribution in [1.29, 1.82) is 0 Å². The molecule has 0 aromatic heterocycles. The Morgan fingerprint density at radius 3 is 2.05 bits per heavy atom. The highest BCUT2D eigenvalue weighted by Crippen LogP contribution is 2.20. The predicted octanol–water partition coefficient (Wildman–Crippen LogP) is 3.62. The summed E-state index contributed by atoms with van der Waals surface area (Å²) in [6, 6.07) is 9.22. The molecule has 0 radical (unpaired) electrons. The number of aryl methyl sites for hydroxylation is 1. The van der Waals surface area contributed by atoms with Crippen LogP contribution in [0.25, 0.3) is 0 Å². The van der Waals surface area contributed by atoms with Gasteiger partial charge in [-0.1, -0.05) is 52.0 Å². The van der Waals surface area contributed by atoms with Crippen LogP contribution in [-0.4, -0.2) is 24.0 Å². The van der Waals surface area contributed by atoms with Crippen molar-refractivity contribution in [3.05, 3.63) is 35.4 Å². The Hall–Kier alpha value is -0.860. The molecule has 0 bridgehead atoms. The Kier molecular flexibility index (Phi) is 6.53. The first-order valence-electron chi connectivity index (χ1n) is 7.58. The van der Waals surface area contributed by atoms with Crippen LogP contribution in [0, 0.1) is 5.92 Å². The molecule has 0 aliphatic carbocycles. The standard InChI is InChI=1S/C17H30N2/c1-6-15-8-10-16(11-9-15)17(18)14(5)19(7-2)12-13(3)4/h8-11,13-14,17H,6-7,12,18H2,1-5H3. The molecule has 0 aliphatic heterocycles. The van der Waals surface area contributed by atoms with E-state index in [4.69, 9.17) is 5.73 Å². The van der Waals surface area contributed by atoms with Gasteiger partial charge in [0.25, 0.3) is 0 Å². The van der Waals surface area contributed by atoms with Crippen LogP contribution in [-0.2, 0) is 6.42 Å². The van der Waals surface area contributed by atoms with E-state index in [-0.39, 0.29) is 6.04 Å². The molecular weight excluding hydrogens is 232 g/mol. The van der Waals surface area contributed by atoms with Gasteiger partial charge in [0, 0.05) is 18.6 Å². The molecule has 0 heterocycles. The fourth-order valence-corrected chi connectivity index (χ4v) is 2.53. The van der Waals surface area contributed by atoms with Crippen molar-refractivity contribution in [2.45, 2.75) is 53.1 Å². The van der Waals surface area contributed by atoms with Crippen LogP contribution in [0.3, 0.4) is 0 Å². The Bertz CT molecular complexity index is 356. The van der Waals surface area contributed by atoms with Crippen molar-refractivity contribution >= 4 is 0 Å². The maximum atomic E-state index is 6.44. The van der Waals surface area contributed by atoms with Crippen LogP contribution in [0.2, 0.25) is 0 Å². The maximum absolute atomic E-state index is 6.44. The minimum absolute atomic E-state index is 0.0876. The molecule has 2 unspecified atom stereocenters. The smallest absolute Gasteiger partial charge is 0.0450 e. The number of hydrogen-bond donors (Lipinski definition) is 1. The quantitative estimate of drug-likeness (QED) is 0.813. The zero-order chi connectivity index (χ0) is 14.4. The van der Waals surface area contributed by atoms with E-state index in [2.05, 4.69) is 63.8 Å². The summed E-state index contributed by atoms with van der Waals surface area (Å²) in [7, 11) is 0. The van der Waals surface area contributed by atoms with Gasteiger partial charge in [-0.25, -0.2) is 0 Å². The first-order chi connectivity index (χ1) is 8.99. The van der Waals surface area contributed by atoms with Crippen LogP contribution in [0.15, 0.2) is 24.3 Å². The molecule has 2 nitrogen and oxygen atoms in total. The van der Waals surface area contributed by atoms with Crippen molar-refractivity contribution in [3.63, 3.8) is 0 Å². The van der Waals surface area contributed by atoms with Crippen LogP contribution in [0.1, 0.15) is 51.8 Å². The number of nitrogens with two attached hydrogens (primary N) is 1. The summed E-state index contributed by atoms with van der Waals surface area (Å²) in [6.45, 7) is 13.3. The zero-order valence-electron chi connectivity index (χ0n) is 13.2. The second kappa shape index (κ2) is 7.66. The average Bonchev–Trinajstić information content (AvgIpc) is 2.43. The first kappa shape index (κ1) is 16.2. The Labute approximate surface area is 119 Å². The molecule has 19 heavy (non-hydrogen) atoms. The molecule has 0 fully saturated rings. The fourth-order valence-electron chi connectivity index (χ4n) is 2.53. The molecule has 1 aromatic carbocycles. The monoisotopic (exact) mass is 262 g/mol. The molecule has 0 amide bonds. The lowest BCUT2D eigenvalue weighted by atomic mass is 9.98. The number of rotatable bonds is 7. The molecule has 0 spiro atoms. The largest absolute Gasteiger partial charge is 0.323 e. The molecule has 2 atom stereocenters. The highest BCUT2D eigenvalue weighted by atomic mass is 15.2. The lowest BCUT2D eigenvalue weighted by Crippen LogP contribution is -2.42. The van der Waals surface area contributed by atoms with Gasteiger partial charge in [0.2, 0.25) is 0 Å². The molecule has 0 saturated heterocycles. The van der Waals surface area contributed by atoms with Gasteiger partial charge in [-0.3, -0.25) is 4.90 Å². The summed E-state index contributed by atoms with van der Waals surface area (Å²) in [5.41, 5.74) is 9.06. The molecule has 0 aliphatic rings. The SMILES string of the molecule is CCc1ccc(C(N)C(C)N(CC)CC(C)C)cc1. The van der Waals surface area contributed by atoms with E-state index < -0.39 is 0 Å². The van der Waals surface area contributed by atoms with E-state index in [9.17, 15) is 0 Å². The van der Waals surface area contributed by atoms with E-state index in [1.165, 1.54) is 11.1 Å². The van der Waals surface area contributed by atoms with Gasteiger partial charge in [0.05, 0.1) is 0 Å². The van der Waals surface area contributed by atoms with Crippen LogP contribution in [0.5, 0.6) is 0 Å². The average molecular weight is 262 g/mol. The fraction of sp³-hybridized carbons (Fsp3) is 0.647. The summed E-state index contributed by atoms with van der Waals surface area (Å²) in [5, 5.41) is 0. The van der Waals surface area contributed by atoms with Crippen molar-refractivity contribution in [1.82, 2.24) is 4.90 Å². The normalized spacial score (nSPS) is 14.9. The zero-order valence-corrected chi connectivity index (χ0v) is 13.2. The van der Waals surface area contributed by atoms with Crippen molar-refractivity contribution in [3.8, 4) is 0 Å². The molecule has 2 N–H and O–H groups in total. The van der Waals surface area contributed by atoms with E-state index in [1.807, 2.05) is 0 Å². The third kappa shape index (κ3) is 4.63. The van der Waals surface area contributed by atoms with E-state index >= 15 is 0 Å². The minimum Gasteiger partial charge on any atom is -0.323 e. The minimum atomic E-state index is 0.0876. The van der Waals surface area contributed by atoms with Gasteiger partial charge < -0.3 is 5.73 Å². The van der Waals surface area contributed by atoms with Gasteiger partial charge in [-0.05, 0) is 36.9 Å². The van der Waals surface area contributed by atoms with E-state index in [0.717, 1.165) is 19.5 Å². The Morgan fingerprint density at radius 1 is 1.05 bits per heavy atom. The summed E-state index contributed by atoms with van der Waals surface area (Å²) in [6.07, 6.45) is 1.08. The predicted molar refractivity (Wildman–Crippen MR) is 84.3 cm³/mol. The molecule has 108 valence electrons. The van der Waals surface area contributed by atoms with Crippen molar-refractivity contribution in [2.24, 2.45) is 11.7 Å². The van der Waals surface area contributed by atoms with Crippen LogP contribution >= 0.6 is 0 Å². The topological polar surface area (TPSA) is 29.3 Å². The molecule has 2 heteroatoms. The Balaban J connectivity index is 2.75. The van der Waals surface area contributed by atoms with Crippen molar-refractivity contribution in [2.75, 3.05) is 13.1 Å². The molecule has 0 saturated carbocycles. The third-order valence-corrected chi connectivity index (χ3v) is 3.87. The van der Waals surface area contributed by atoms with Crippen LogP contribution in [0.4, 0.5) is 0 Å². The van der Waals surface area contributed by atoms with E-state index in [1.54, 1.807) is 0 Å². The highest BCUT2D eigenvalue weighted by Gasteiger charge is 2.21. The van der Waals surface area contributed by atoms with Crippen molar-refractivity contribution < 1.29 is 0 Å². The van der Waals surface area contributed by atoms with Gasteiger partial charge in [0.1, 0.15) is 0 Å². The summed E-state index contributed by atoms with van der Waals surface area (Å²) in [5.74, 6) is 0.678. The lowest BCUT2D eigenvalue weighted by Gasteiger charge is -2.33. The van der Waals surface area contributed by atoms with Gasteiger partial charge in [0.15, 0.2) is 0 Å². The molecule has 1 aromatic rings. The summed E-state index contributed by atoms with van der Waals surface area (Å²) >= 11 is 0. The Morgan fingerprint density at radius 2 is 1.63 bits per heavy atom. The highest BCUT2D eigenvalue weighted by molar-refractivity contribution is 5.25. The summed E-state index contributed by atoms with van der Waals surface area (Å²) < 4.78 is 0. The second-order valence-electron chi connectivity index (χ2n) is 5.84. The maximum Gasteiger partial charge on any atom is 0.0450 e. The third-order valence-electron chi connectivity index (χ3n) is 3.87. The van der Waals surface area contributed by atoms with E-state index in [0.29, 0.717) is 12.0 Å². The number of nitrogens with zero attached hydrogens (tertiary/aromatic N) is 1. The van der Waals surface area contributed by atoms with Crippen LogP contribution < -0.4 is 5.73 Å². The number of hydrogen-bond acceptors (Lipinski definition) is 2. The lowest BCUT2D eigenvalue weighted by molar-refractivity contribution is 0.173. The van der Waals surface area contributed by atoms with Gasteiger partial charge >= 0.3 is 0 Å². The first-order valence-corrected chi connectivity index (χ1v) is 7.58. The van der Waals surface area contributed by atoms with Gasteiger partial charge in [-0.2, -0.15) is 0 Å².